The van der Waals surface area contributed by atoms with Crippen LogP contribution in [0.25, 0.3) is 31.6 Å². The lowest BCUT2D eigenvalue weighted by molar-refractivity contribution is 0.630. The predicted molar refractivity (Wildman–Crippen MR) is 82.5 cm³/mol. The smallest absolute Gasteiger partial charge is 0.125 e. The lowest BCUT2D eigenvalue weighted by atomic mass is 10.1. The summed E-state index contributed by atoms with van der Waals surface area (Å²) < 4.78 is 14.2. The van der Waals surface area contributed by atoms with Crippen LogP contribution in [-0.2, 0) is 0 Å². The van der Waals surface area contributed by atoms with Gasteiger partial charge in [-0.3, -0.25) is 0 Å². The van der Waals surface area contributed by atoms with Gasteiger partial charge in [0.1, 0.15) is 10.8 Å². The summed E-state index contributed by atoms with van der Waals surface area (Å²) in [7, 11) is 0. The average molecular weight is 279 g/mol. The number of rotatable bonds is 1. The molecule has 0 atom stereocenters. The summed E-state index contributed by atoms with van der Waals surface area (Å²) >= 11 is 1.53. The summed E-state index contributed by atoms with van der Waals surface area (Å²) in [6, 6.07) is 19.2. The summed E-state index contributed by atoms with van der Waals surface area (Å²) in [4.78, 5) is 4.63. The Labute approximate surface area is 119 Å². The molecule has 0 bridgehead atoms. The van der Waals surface area contributed by atoms with Gasteiger partial charge in [0.2, 0.25) is 0 Å². The molecule has 0 saturated carbocycles. The van der Waals surface area contributed by atoms with E-state index in [1.165, 1.54) is 28.2 Å². The highest BCUT2D eigenvalue weighted by Gasteiger charge is 2.09. The Hall–Kier alpha value is -2.26. The van der Waals surface area contributed by atoms with E-state index in [2.05, 4.69) is 29.2 Å². The van der Waals surface area contributed by atoms with Gasteiger partial charge in [-0.05, 0) is 29.0 Å². The normalized spacial score (nSPS) is 11.2. The summed E-state index contributed by atoms with van der Waals surface area (Å²) in [5.74, 6) is -0.217. The molecule has 0 spiro atoms. The van der Waals surface area contributed by atoms with Crippen molar-refractivity contribution >= 4 is 32.3 Å². The zero-order valence-corrected chi connectivity index (χ0v) is 11.3. The van der Waals surface area contributed by atoms with Gasteiger partial charge in [-0.15, -0.1) is 11.3 Å². The predicted octanol–water partition coefficient (Wildman–Crippen LogP) is 5.26. The first-order valence-corrected chi connectivity index (χ1v) is 7.17. The standard InChI is InChI=1S/C17H10FNS/c18-12-8-9-15-16(10-12)20-17(19-15)14-7-3-5-11-4-1-2-6-13(11)14/h1-10H. The highest BCUT2D eigenvalue weighted by molar-refractivity contribution is 7.21. The molecule has 1 heterocycles. The van der Waals surface area contributed by atoms with Crippen LogP contribution in [0.2, 0.25) is 0 Å². The van der Waals surface area contributed by atoms with Crippen LogP contribution in [-0.4, -0.2) is 4.98 Å². The zero-order valence-electron chi connectivity index (χ0n) is 10.5. The van der Waals surface area contributed by atoms with E-state index >= 15 is 0 Å². The molecule has 0 aliphatic rings. The maximum Gasteiger partial charge on any atom is 0.125 e. The largest absolute Gasteiger partial charge is 0.236 e. The second-order valence-electron chi connectivity index (χ2n) is 4.66. The van der Waals surface area contributed by atoms with Crippen molar-refractivity contribution in [3.05, 3.63) is 66.5 Å². The maximum atomic E-state index is 13.3. The third kappa shape index (κ3) is 1.79. The Morgan fingerprint density at radius 3 is 2.70 bits per heavy atom. The minimum atomic E-state index is -0.217. The van der Waals surface area contributed by atoms with Crippen LogP contribution < -0.4 is 0 Å². The van der Waals surface area contributed by atoms with Gasteiger partial charge in [0.15, 0.2) is 0 Å². The molecular formula is C17H10FNS. The van der Waals surface area contributed by atoms with Crippen LogP contribution in [0.1, 0.15) is 0 Å². The lowest BCUT2D eigenvalue weighted by Crippen LogP contribution is -1.79. The van der Waals surface area contributed by atoms with E-state index in [-0.39, 0.29) is 5.82 Å². The van der Waals surface area contributed by atoms with Crippen LogP contribution in [0.15, 0.2) is 60.7 Å². The minimum Gasteiger partial charge on any atom is -0.236 e. The monoisotopic (exact) mass is 279 g/mol. The molecule has 1 aromatic heterocycles. The summed E-state index contributed by atoms with van der Waals surface area (Å²) in [5, 5.41) is 3.30. The van der Waals surface area contributed by atoms with Gasteiger partial charge in [0.25, 0.3) is 0 Å². The van der Waals surface area contributed by atoms with Crippen LogP contribution in [0.3, 0.4) is 0 Å². The minimum absolute atomic E-state index is 0.217. The summed E-state index contributed by atoms with van der Waals surface area (Å²) in [6.07, 6.45) is 0. The van der Waals surface area contributed by atoms with Crippen molar-refractivity contribution in [2.45, 2.75) is 0 Å². The molecule has 0 saturated heterocycles. The number of halogens is 1. The van der Waals surface area contributed by atoms with Crippen molar-refractivity contribution in [1.29, 1.82) is 0 Å². The first kappa shape index (κ1) is 11.6. The van der Waals surface area contributed by atoms with Crippen LogP contribution >= 0.6 is 11.3 Å². The van der Waals surface area contributed by atoms with Gasteiger partial charge in [-0.25, -0.2) is 9.37 Å². The molecule has 0 unspecified atom stereocenters. The lowest BCUT2D eigenvalue weighted by Gasteiger charge is -2.02. The van der Waals surface area contributed by atoms with E-state index in [1.807, 2.05) is 18.2 Å². The molecule has 0 radical (unpaired) electrons. The third-order valence-electron chi connectivity index (χ3n) is 3.37. The molecule has 4 aromatic rings. The molecule has 0 fully saturated rings. The first-order chi connectivity index (χ1) is 9.81. The molecule has 1 nitrogen and oxygen atoms in total. The third-order valence-corrected chi connectivity index (χ3v) is 4.42. The first-order valence-electron chi connectivity index (χ1n) is 6.35. The van der Waals surface area contributed by atoms with Crippen molar-refractivity contribution in [1.82, 2.24) is 4.98 Å². The molecule has 20 heavy (non-hydrogen) atoms. The average Bonchev–Trinajstić information content (AvgIpc) is 2.89. The van der Waals surface area contributed by atoms with Crippen molar-refractivity contribution in [2.75, 3.05) is 0 Å². The second kappa shape index (κ2) is 4.39. The molecule has 0 N–H and O–H groups in total. The molecule has 0 aliphatic carbocycles. The van der Waals surface area contributed by atoms with E-state index in [9.17, 15) is 4.39 Å². The van der Waals surface area contributed by atoms with Gasteiger partial charge in [-0.2, -0.15) is 0 Å². The fourth-order valence-corrected chi connectivity index (χ4v) is 3.46. The Bertz CT molecular complexity index is 921. The van der Waals surface area contributed by atoms with Gasteiger partial charge >= 0.3 is 0 Å². The van der Waals surface area contributed by atoms with E-state index in [4.69, 9.17) is 0 Å². The van der Waals surface area contributed by atoms with Crippen molar-refractivity contribution < 1.29 is 4.39 Å². The SMILES string of the molecule is Fc1ccc2nc(-c3cccc4ccccc34)sc2c1. The molecule has 4 rings (SSSR count). The van der Waals surface area contributed by atoms with Crippen LogP contribution in [0, 0.1) is 5.82 Å². The Morgan fingerprint density at radius 1 is 0.900 bits per heavy atom. The number of hydrogen-bond donors (Lipinski definition) is 0. The van der Waals surface area contributed by atoms with E-state index in [1.54, 1.807) is 12.1 Å². The zero-order chi connectivity index (χ0) is 13.5. The number of aromatic nitrogens is 1. The summed E-state index contributed by atoms with van der Waals surface area (Å²) in [5.41, 5.74) is 1.95. The van der Waals surface area contributed by atoms with Gasteiger partial charge in [-0.1, -0.05) is 42.5 Å². The Morgan fingerprint density at radius 2 is 1.75 bits per heavy atom. The van der Waals surface area contributed by atoms with Gasteiger partial charge in [0, 0.05) is 5.56 Å². The van der Waals surface area contributed by atoms with E-state index in [0.717, 1.165) is 20.8 Å². The molecule has 3 heteroatoms. The van der Waals surface area contributed by atoms with Gasteiger partial charge in [0.05, 0.1) is 10.2 Å². The van der Waals surface area contributed by atoms with Crippen molar-refractivity contribution in [3.8, 4) is 10.6 Å². The number of thiazole rings is 1. The van der Waals surface area contributed by atoms with Crippen LogP contribution in [0.5, 0.6) is 0 Å². The second-order valence-corrected chi connectivity index (χ2v) is 5.69. The van der Waals surface area contributed by atoms with Crippen molar-refractivity contribution in [2.24, 2.45) is 0 Å². The highest BCUT2D eigenvalue weighted by Crippen LogP contribution is 2.34. The number of nitrogens with zero attached hydrogens (tertiary/aromatic N) is 1. The van der Waals surface area contributed by atoms with E-state index in [0.29, 0.717) is 0 Å². The molecule has 0 aliphatic heterocycles. The number of benzene rings is 3. The van der Waals surface area contributed by atoms with Crippen molar-refractivity contribution in [3.63, 3.8) is 0 Å². The quantitative estimate of drug-likeness (QED) is 0.463. The summed E-state index contributed by atoms with van der Waals surface area (Å²) in [6.45, 7) is 0. The molecule has 0 amide bonds. The Kier molecular flexibility index (Phi) is 2.54. The number of fused-ring (bicyclic) bond motifs is 2. The molecular weight excluding hydrogens is 269 g/mol. The maximum absolute atomic E-state index is 13.3. The Balaban J connectivity index is 2.01. The van der Waals surface area contributed by atoms with E-state index < -0.39 is 0 Å². The van der Waals surface area contributed by atoms with Crippen LogP contribution in [0.4, 0.5) is 4.39 Å². The topological polar surface area (TPSA) is 12.9 Å². The van der Waals surface area contributed by atoms with Gasteiger partial charge < -0.3 is 0 Å². The number of hydrogen-bond acceptors (Lipinski definition) is 2. The highest BCUT2D eigenvalue weighted by atomic mass is 32.1. The molecule has 96 valence electrons. The fraction of sp³-hybridized carbons (Fsp3) is 0. The fourth-order valence-electron chi connectivity index (χ4n) is 2.43. The molecule has 3 aromatic carbocycles.